The van der Waals surface area contributed by atoms with Crippen molar-refractivity contribution in [3.63, 3.8) is 0 Å². The van der Waals surface area contributed by atoms with E-state index in [4.69, 9.17) is 18.9 Å². The number of aliphatic hydroxyl groups excluding tert-OH is 8. The van der Waals surface area contributed by atoms with Gasteiger partial charge in [-0.05, 0) is 89.9 Å². The molecule has 9 N–H and O–H groups in total. The molecule has 0 aromatic heterocycles. The summed E-state index contributed by atoms with van der Waals surface area (Å²) in [5.41, 5.74) is 0. The Bertz CT molecular complexity index is 1810. The quantitative estimate of drug-likeness (QED) is 0.0204. The molecule has 0 saturated carbocycles. The molecule has 1 amide bonds. The van der Waals surface area contributed by atoms with Crippen molar-refractivity contribution in [3.05, 3.63) is 109 Å². The summed E-state index contributed by atoms with van der Waals surface area (Å²) in [6.45, 7) is 2.66. The van der Waals surface area contributed by atoms with E-state index in [2.05, 4.69) is 116 Å². The molecule has 0 aromatic carbocycles. The lowest BCUT2D eigenvalue weighted by molar-refractivity contribution is -0.359. The van der Waals surface area contributed by atoms with Gasteiger partial charge in [-0.15, -0.1) is 0 Å². The first kappa shape index (κ1) is 75.7. The molecule has 0 bridgehead atoms. The molecule has 12 unspecified atom stereocenters. The van der Waals surface area contributed by atoms with E-state index in [-0.39, 0.29) is 18.9 Å². The van der Waals surface area contributed by atoms with Gasteiger partial charge < -0.3 is 65.1 Å². The van der Waals surface area contributed by atoms with Gasteiger partial charge in [-0.3, -0.25) is 4.79 Å². The third kappa shape index (κ3) is 37.7. The zero-order valence-electron chi connectivity index (χ0n) is 51.4. The van der Waals surface area contributed by atoms with Crippen molar-refractivity contribution >= 4 is 5.91 Å². The second kappa shape index (κ2) is 52.9. The van der Waals surface area contributed by atoms with Crippen LogP contribution in [0.1, 0.15) is 226 Å². The average Bonchev–Trinajstić information content (AvgIpc) is 3.64. The molecule has 83 heavy (non-hydrogen) atoms. The van der Waals surface area contributed by atoms with E-state index in [1.165, 1.54) is 109 Å². The molecule has 2 saturated heterocycles. The maximum Gasteiger partial charge on any atom is 0.220 e. The Morgan fingerprint density at radius 3 is 1.33 bits per heavy atom. The summed E-state index contributed by atoms with van der Waals surface area (Å²) in [5, 5.41) is 87.2. The van der Waals surface area contributed by atoms with Crippen LogP contribution in [0.5, 0.6) is 0 Å². The van der Waals surface area contributed by atoms with E-state index in [0.29, 0.717) is 12.8 Å². The van der Waals surface area contributed by atoms with Crippen molar-refractivity contribution in [1.82, 2.24) is 5.32 Å². The van der Waals surface area contributed by atoms with Crippen LogP contribution in [0.4, 0.5) is 0 Å². The van der Waals surface area contributed by atoms with Gasteiger partial charge in [-0.2, -0.15) is 0 Å². The molecule has 14 heteroatoms. The minimum absolute atomic E-state index is 0.259. The van der Waals surface area contributed by atoms with Crippen LogP contribution in [0.3, 0.4) is 0 Å². The number of ether oxygens (including phenoxy) is 4. The first-order valence-electron chi connectivity index (χ1n) is 32.6. The van der Waals surface area contributed by atoms with Gasteiger partial charge in [0.2, 0.25) is 5.91 Å². The molecule has 2 aliphatic heterocycles. The molecule has 2 aliphatic rings. The standard InChI is InChI=1S/C69H117NO13/c1-3-5-7-9-11-13-15-17-19-21-23-24-25-26-27-28-29-30-31-32-33-34-35-37-39-41-43-45-47-49-51-53-61(74)70-57(58(73)52-50-48-46-44-42-40-38-36-22-20-18-16-14-12-10-8-6-4-2)56-80-68-66(79)64(77)67(60(55-72)82-68)83-69-65(78)63(76)62(75)59(54-71)81-69/h5,7,11,13,17,19,23-24,26-27,29-30,32-33,42,44,50,52,57-60,62-69,71-73,75-79H,3-4,6,8-10,12,14-16,18,20-22,25,28,31,34-41,43,45-49,51,53-56H2,1-2H3,(H,70,74)/b7-5-,13-11-,19-17-,24-23-,27-26-,30-29-,33-32-,44-42+,52-50+. The fourth-order valence-corrected chi connectivity index (χ4v) is 9.99. The minimum atomic E-state index is -1.80. The monoisotopic (exact) mass is 1170 g/mol. The number of aliphatic hydroxyl groups is 8. The summed E-state index contributed by atoms with van der Waals surface area (Å²) in [5.74, 6) is -0.260. The largest absolute Gasteiger partial charge is 0.394 e. The highest BCUT2D eigenvalue weighted by Crippen LogP contribution is 2.30. The Hall–Kier alpha value is -3.35. The first-order valence-corrected chi connectivity index (χ1v) is 32.6. The third-order valence-corrected chi connectivity index (χ3v) is 15.2. The summed E-state index contributed by atoms with van der Waals surface area (Å²) in [4.78, 5) is 13.3. The smallest absolute Gasteiger partial charge is 0.220 e. The lowest BCUT2D eigenvalue weighted by Gasteiger charge is -2.46. The van der Waals surface area contributed by atoms with Crippen molar-refractivity contribution in [1.29, 1.82) is 0 Å². The van der Waals surface area contributed by atoms with Crippen LogP contribution in [0.25, 0.3) is 0 Å². The number of carbonyl (C=O) groups is 1. The van der Waals surface area contributed by atoms with E-state index >= 15 is 0 Å². The van der Waals surface area contributed by atoms with Gasteiger partial charge in [0.25, 0.3) is 0 Å². The lowest BCUT2D eigenvalue weighted by atomic mass is 9.97. The van der Waals surface area contributed by atoms with Crippen molar-refractivity contribution < 1.29 is 64.6 Å². The number of nitrogens with one attached hydrogen (secondary N) is 1. The summed E-state index contributed by atoms with van der Waals surface area (Å²) in [7, 11) is 0. The van der Waals surface area contributed by atoms with Crippen molar-refractivity contribution in [2.45, 2.75) is 299 Å². The Kier molecular flexibility index (Phi) is 48.3. The molecule has 2 fully saturated rings. The van der Waals surface area contributed by atoms with Crippen LogP contribution >= 0.6 is 0 Å². The Balaban J connectivity index is 1.72. The highest BCUT2D eigenvalue weighted by atomic mass is 16.7. The predicted molar refractivity (Wildman–Crippen MR) is 336 cm³/mol. The Morgan fingerprint density at radius 1 is 0.446 bits per heavy atom. The average molecular weight is 1170 g/mol. The maximum absolute atomic E-state index is 13.3. The molecule has 0 aliphatic carbocycles. The van der Waals surface area contributed by atoms with Crippen molar-refractivity contribution in [3.8, 4) is 0 Å². The zero-order valence-corrected chi connectivity index (χ0v) is 51.4. The van der Waals surface area contributed by atoms with Crippen molar-refractivity contribution in [2.24, 2.45) is 0 Å². The van der Waals surface area contributed by atoms with Crippen LogP contribution in [-0.4, -0.2) is 140 Å². The molecule has 0 spiro atoms. The maximum atomic E-state index is 13.3. The van der Waals surface area contributed by atoms with E-state index in [9.17, 15) is 45.6 Å². The van der Waals surface area contributed by atoms with Gasteiger partial charge in [-0.1, -0.05) is 239 Å². The second-order valence-electron chi connectivity index (χ2n) is 22.5. The van der Waals surface area contributed by atoms with Crippen LogP contribution in [0, 0.1) is 0 Å². The van der Waals surface area contributed by atoms with Crippen LogP contribution in [0.15, 0.2) is 109 Å². The van der Waals surface area contributed by atoms with Crippen LogP contribution in [0.2, 0.25) is 0 Å². The number of carbonyl (C=O) groups excluding carboxylic acids is 1. The molecular weight excluding hydrogens is 1050 g/mol. The molecule has 0 radical (unpaired) electrons. The minimum Gasteiger partial charge on any atom is -0.394 e. The molecule has 0 aromatic rings. The van der Waals surface area contributed by atoms with E-state index < -0.39 is 86.8 Å². The molecule has 12 atom stereocenters. The van der Waals surface area contributed by atoms with Gasteiger partial charge >= 0.3 is 0 Å². The number of hydrogen-bond donors (Lipinski definition) is 9. The predicted octanol–water partition coefficient (Wildman–Crippen LogP) is 12.4. The fraction of sp³-hybridized carbons (Fsp3) is 0.725. The molecule has 2 heterocycles. The molecule has 2 rings (SSSR count). The highest BCUT2D eigenvalue weighted by Gasteiger charge is 2.51. The summed E-state index contributed by atoms with van der Waals surface area (Å²) in [6.07, 6.45) is 58.4. The summed E-state index contributed by atoms with van der Waals surface area (Å²) >= 11 is 0. The topological polar surface area (TPSA) is 228 Å². The van der Waals surface area contributed by atoms with Gasteiger partial charge in [-0.25, -0.2) is 0 Å². The summed E-state index contributed by atoms with van der Waals surface area (Å²) in [6, 6.07) is -0.943. The lowest BCUT2D eigenvalue weighted by Crippen LogP contribution is -2.65. The van der Waals surface area contributed by atoms with Crippen molar-refractivity contribution in [2.75, 3.05) is 19.8 Å². The summed E-state index contributed by atoms with van der Waals surface area (Å²) < 4.78 is 22.8. The van der Waals surface area contributed by atoms with Gasteiger partial charge in [0.1, 0.15) is 48.8 Å². The molecule has 476 valence electrons. The highest BCUT2D eigenvalue weighted by molar-refractivity contribution is 5.76. The van der Waals surface area contributed by atoms with E-state index in [0.717, 1.165) is 83.5 Å². The third-order valence-electron chi connectivity index (χ3n) is 15.2. The SMILES string of the molecule is CC/C=C\C/C=C\C/C=C\C/C=C\C/C=C\C/C=C\C/C=C\CCCCCCCCCCCC(=O)NC(COC1OC(CO)C(OC2OC(CO)C(O)C(O)C2O)C(O)C1O)C(O)/C=C/CC/C=C/CCCCCCCCCCCCCC. The number of unbranched alkanes of at least 4 members (excludes halogenated alkanes) is 22. The Labute approximate surface area is 502 Å². The molecule has 14 nitrogen and oxygen atoms in total. The van der Waals surface area contributed by atoms with Gasteiger partial charge in [0.05, 0.1) is 32.0 Å². The molecular formula is C69H117NO13. The van der Waals surface area contributed by atoms with Gasteiger partial charge in [0, 0.05) is 6.42 Å². The number of allylic oxidation sites excluding steroid dienone is 17. The van der Waals surface area contributed by atoms with E-state index in [1.807, 2.05) is 6.08 Å². The zero-order chi connectivity index (χ0) is 60.2. The van der Waals surface area contributed by atoms with Gasteiger partial charge in [0.15, 0.2) is 12.6 Å². The second-order valence-corrected chi connectivity index (χ2v) is 22.5. The van der Waals surface area contributed by atoms with Crippen LogP contribution in [-0.2, 0) is 23.7 Å². The number of rotatable bonds is 51. The normalized spacial score (nSPS) is 24.6. The Morgan fingerprint density at radius 2 is 0.843 bits per heavy atom. The number of amides is 1. The fourth-order valence-electron chi connectivity index (χ4n) is 9.99. The van der Waals surface area contributed by atoms with Crippen LogP contribution < -0.4 is 5.32 Å². The number of hydrogen-bond acceptors (Lipinski definition) is 13. The first-order chi connectivity index (χ1) is 40.6. The van der Waals surface area contributed by atoms with E-state index in [1.54, 1.807) is 6.08 Å².